The molecule has 7 rings (SSSR count). The smallest absolute Gasteiger partial charge is 0.203 e. The van der Waals surface area contributed by atoms with Gasteiger partial charge >= 0.3 is 0 Å². The highest BCUT2D eigenvalue weighted by atomic mass is 19.1. The van der Waals surface area contributed by atoms with Gasteiger partial charge in [-0.1, -0.05) is 60.7 Å². The number of hydrogen-bond donors (Lipinski definition) is 2. The van der Waals surface area contributed by atoms with E-state index in [0.717, 1.165) is 43.3 Å². The number of halogens is 1. The number of benzene rings is 2. The van der Waals surface area contributed by atoms with Crippen LogP contribution < -0.4 is 5.73 Å². The third-order valence-electron chi connectivity index (χ3n) is 9.22. The zero-order valence-corrected chi connectivity index (χ0v) is 21.2. The molecule has 1 atom stereocenters. The molecule has 7 heteroatoms. The van der Waals surface area contributed by atoms with Crippen LogP contribution in [0.25, 0.3) is 11.2 Å². The second-order valence-electron chi connectivity index (χ2n) is 10.9. The van der Waals surface area contributed by atoms with Gasteiger partial charge in [0.25, 0.3) is 0 Å². The van der Waals surface area contributed by atoms with Gasteiger partial charge in [0.15, 0.2) is 0 Å². The summed E-state index contributed by atoms with van der Waals surface area (Å²) < 4.78 is 14.0. The van der Waals surface area contributed by atoms with Crippen molar-refractivity contribution in [3.63, 3.8) is 0 Å². The van der Waals surface area contributed by atoms with Crippen molar-refractivity contribution in [2.75, 3.05) is 25.5 Å². The van der Waals surface area contributed by atoms with E-state index in [9.17, 15) is 4.39 Å². The van der Waals surface area contributed by atoms with Gasteiger partial charge in [-0.2, -0.15) is 10.3 Å². The second-order valence-corrected chi connectivity index (χ2v) is 10.9. The Kier molecular flexibility index (Phi) is 6.41. The Bertz CT molecular complexity index is 1310. The number of rotatable bonds is 9. The average molecular weight is 499 g/mol. The molecule has 0 aliphatic heterocycles. The Hall–Kier alpha value is -3.32. The zero-order chi connectivity index (χ0) is 25.3. The summed E-state index contributed by atoms with van der Waals surface area (Å²) in [6.45, 7) is 0.985. The number of nitrogen functional groups attached to an aromatic ring is 1. The number of nitrogens with one attached hydrogen (secondary N) is 1. The van der Waals surface area contributed by atoms with Crippen molar-refractivity contribution < 1.29 is 4.39 Å². The lowest BCUT2D eigenvalue weighted by Crippen LogP contribution is -2.58. The topological polar surface area (TPSA) is 83.7 Å². The predicted octanol–water partition coefficient (Wildman–Crippen LogP) is 5.77. The van der Waals surface area contributed by atoms with Gasteiger partial charge in [0.2, 0.25) is 5.65 Å². The molecule has 3 aliphatic carbocycles. The molecule has 2 heterocycles. The Morgan fingerprint density at radius 3 is 2.24 bits per heavy atom. The Morgan fingerprint density at radius 1 is 0.892 bits per heavy atom. The predicted molar refractivity (Wildman–Crippen MR) is 145 cm³/mol. The molecule has 192 valence electrons. The zero-order valence-electron chi connectivity index (χ0n) is 21.2. The van der Waals surface area contributed by atoms with E-state index < -0.39 is 0 Å². The third-order valence-corrected chi connectivity index (χ3v) is 9.22. The molecule has 2 bridgehead atoms. The molecular weight excluding hydrogens is 463 g/mol. The van der Waals surface area contributed by atoms with E-state index in [-0.39, 0.29) is 18.1 Å². The molecule has 3 aliphatic rings. The third kappa shape index (κ3) is 4.39. The average Bonchev–Trinajstić information content (AvgIpc) is 3.43. The summed E-state index contributed by atoms with van der Waals surface area (Å²) in [5.74, 6) is 0.501. The van der Waals surface area contributed by atoms with Gasteiger partial charge in [0.05, 0.1) is 0 Å². The van der Waals surface area contributed by atoms with Crippen LogP contribution in [-0.2, 0) is 5.41 Å². The maximum absolute atomic E-state index is 14.0. The van der Waals surface area contributed by atoms with Crippen LogP contribution in [0.4, 0.5) is 10.2 Å². The lowest BCUT2D eigenvalue weighted by atomic mass is 9.54. The highest BCUT2D eigenvalue weighted by molar-refractivity contribution is 5.77. The van der Waals surface area contributed by atoms with Gasteiger partial charge in [-0.25, -0.2) is 9.37 Å². The van der Waals surface area contributed by atoms with Crippen LogP contribution in [0.15, 0.2) is 66.7 Å². The molecule has 6 nitrogen and oxygen atoms in total. The van der Waals surface area contributed by atoms with Gasteiger partial charge in [-0.05, 0) is 79.7 Å². The highest BCUT2D eigenvalue weighted by Crippen LogP contribution is 2.55. The minimum Gasteiger partial charge on any atom is -0.384 e. The molecule has 0 unspecified atom stereocenters. The Labute approximate surface area is 217 Å². The van der Waals surface area contributed by atoms with E-state index in [4.69, 9.17) is 5.73 Å². The van der Waals surface area contributed by atoms with Crippen molar-refractivity contribution in [3.8, 4) is 0 Å². The minimum atomic E-state index is -0.322. The minimum absolute atomic E-state index is 0.0631. The van der Waals surface area contributed by atoms with Gasteiger partial charge in [-0.3, -0.25) is 4.90 Å². The van der Waals surface area contributed by atoms with E-state index in [0.29, 0.717) is 23.4 Å². The molecule has 2 aromatic carbocycles. The molecule has 3 N–H and O–H groups in total. The van der Waals surface area contributed by atoms with E-state index in [1.54, 1.807) is 0 Å². The van der Waals surface area contributed by atoms with Gasteiger partial charge in [0, 0.05) is 18.0 Å². The SMILES string of the molecule is Nc1cc([C@H](CCN(CCF)C23CCC(c4ccccc4)(CC2)CC3)c2ccccc2)c2n[nH]nc2n1. The molecule has 37 heavy (non-hydrogen) atoms. The van der Waals surface area contributed by atoms with Crippen LogP contribution in [-0.4, -0.2) is 50.6 Å². The fraction of sp³-hybridized carbons (Fsp3) is 0.433. The van der Waals surface area contributed by atoms with Crippen LogP contribution in [0.2, 0.25) is 0 Å². The van der Waals surface area contributed by atoms with Gasteiger partial charge < -0.3 is 5.73 Å². The Balaban J connectivity index is 1.27. The molecule has 0 spiro atoms. The van der Waals surface area contributed by atoms with Crippen LogP contribution in [0, 0.1) is 0 Å². The molecular formula is C30H35FN6. The van der Waals surface area contributed by atoms with Crippen LogP contribution in [0.3, 0.4) is 0 Å². The fourth-order valence-electron chi connectivity index (χ4n) is 7.17. The number of hydrogen-bond acceptors (Lipinski definition) is 5. The first-order valence-electron chi connectivity index (χ1n) is 13.5. The molecule has 0 radical (unpaired) electrons. The lowest BCUT2D eigenvalue weighted by molar-refractivity contribution is -0.0287. The van der Waals surface area contributed by atoms with Crippen molar-refractivity contribution in [2.45, 2.75) is 61.8 Å². The number of nitrogens with two attached hydrogens (primary N) is 1. The number of fused-ring (bicyclic) bond motifs is 4. The summed E-state index contributed by atoms with van der Waals surface area (Å²) >= 11 is 0. The molecule has 0 amide bonds. The number of pyridine rings is 1. The summed E-state index contributed by atoms with van der Waals surface area (Å²) in [6.07, 6.45) is 7.79. The van der Waals surface area contributed by atoms with Crippen LogP contribution in [0.5, 0.6) is 0 Å². The van der Waals surface area contributed by atoms with E-state index >= 15 is 0 Å². The summed E-state index contributed by atoms with van der Waals surface area (Å²) in [5.41, 5.74) is 11.6. The summed E-state index contributed by atoms with van der Waals surface area (Å²) in [4.78, 5) is 6.82. The van der Waals surface area contributed by atoms with Gasteiger partial charge in [-0.15, -0.1) is 5.10 Å². The lowest BCUT2D eigenvalue weighted by Gasteiger charge is -2.58. The normalized spacial score (nSPS) is 24.1. The molecule has 0 saturated heterocycles. The van der Waals surface area contributed by atoms with Crippen molar-refractivity contribution in [1.29, 1.82) is 0 Å². The van der Waals surface area contributed by atoms with E-state index in [1.165, 1.54) is 30.4 Å². The quantitative estimate of drug-likeness (QED) is 0.306. The van der Waals surface area contributed by atoms with E-state index in [1.807, 2.05) is 12.1 Å². The summed E-state index contributed by atoms with van der Waals surface area (Å²) in [5, 5.41) is 11.3. The first-order chi connectivity index (χ1) is 18.1. The van der Waals surface area contributed by atoms with Crippen molar-refractivity contribution in [3.05, 3.63) is 83.4 Å². The number of aromatic amines is 1. The van der Waals surface area contributed by atoms with Gasteiger partial charge in [0.1, 0.15) is 18.0 Å². The van der Waals surface area contributed by atoms with Crippen molar-refractivity contribution >= 4 is 17.0 Å². The second kappa shape index (κ2) is 9.86. The summed E-state index contributed by atoms with van der Waals surface area (Å²) in [6, 6.07) is 23.4. The molecule has 3 fully saturated rings. The molecule has 4 aromatic rings. The maximum Gasteiger partial charge on any atom is 0.203 e. The molecule has 2 aromatic heterocycles. The van der Waals surface area contributed by atoms with E-state index in [2.05, 4.69) is 79.9 Å². The number of alkyl halides is 1. The van der Waals surface area contributed by atoms with Crippen LogP contribution >= 0.6 is 0 Å². The Morgan fingerprint density at radius 2 is 1.57 bits per heavy atom. The standard InChI is InChI=1S/C30H35FN6/c31-18-20-37(30-15-12-29(13-16-30,14-17-30)23-9-5-2-6-10-23)19-11-24(22-7-3-1-4-8-22)25-21-26(32)33-28-27(25)34-36-35-28/h1-10,21,24H,11-20H2,(H3,32,33,34,35,36)/t24-,29?,30?/m1/s1. The number of anilines is 1. The van der Waals surface area contributed by atoms with Crippen molar-refractivity contribution in [1.82, 2.24) is 25.3 Å². The number of aromatic nitrogens is 4. The first kappa shape index (κ1) is 24.0. The number of H-pyrrole nitrogens is 1. The number of nitrogens with zero attached hydrogens (tertiary/aromatic N) is 4. The summed E-state index contributed by atoms with van der Waals surface area (Å²) in [7, 11) is 0. The molecule has 3 saturated carbocycles. The highest BCUT2D eigenvalue weighted by Gasteiger charge is 2.51. The maximum atomic E-state index is 14.0. The fourth-order valence-corrected chi connectivity index (χ4v) is 7.17. The monoisotopic (exact) mass is 498 g/mol. The van der Waals surface area contributed by atoms with Crippen molar-refractivity contribution in [2.24, 2.45) is 0 Å². The largest absolute Gasteiger partial charge is 0.384 e. The van der Waals surface area contributed by atoms with Crippen LogP contribution in [0.1, 0.15) is 67.6 Å². The first-order valence-corrected chi connectivity index (χ1v) is 13.5.